The Morgan fingerprint density at radius 2 is 1.01 bits per heavy atom. The van der Waals surface area contributed by atoms with Crippen LogP contribution in [0.1, 0.15) is 65.6 Å². The number of benzene rings is 11. The number of hydrogen-bond acceptors (Lipinski definition) is 2. The second kappa shape index (κ2) is 16.0. The molecule has 13 rings (SSSR count). The van der Waals surface area contributed by atoms with Crippen LogP contribution in [0, 0.1) is 0 Å². The molecule has 0 saturated heterocycles. The van der Waals surface area contributed by atoms with Gasteiger partial charge in [-0.25, -0.2) is 0 Å². The first-order chi connectivity index (χ1) is 33.9. The highest BCUT2D eigenvalue weighted by Gasteiger charge is 2.45. The normalized spacial score (nSPS) is 16.7. The second-order valence-corrected chi connectivity index (χ2v) is 19.6. The van der Waals surface area contributed by atoms with E-state index in [4.69, 9.17) is 4.74 Å². The summed E-state index contributed by atoms with van der Waals surface area (Å²) < 4.78 is 7.15. The van der Waals surface area contributed by atoms with Crippen LogP contribution in [0.4, 0.5) is 17.1 Å². The molecule has 2 atom stereocenters. The third-order valence-electron chi connectivity index (χ3n) is 15.4. The van der Waals surface area contributed by atoms with Crippen LogP contribution in [0.5, 0.6) is 5.75 Å². The molecule has 1 unspecified atom stereocenters. The maximum atomic E-state index is 7.15. The zero-order valence-corrected chi connectivity index (χ0v) is 39.2. The third-order valence-corrected chi connectivity index (χ3v) is 15.4. The summed E-state index contributed by atoms with van der Waals surface area (Å²) in [5.41, 5.74) is 16.4. The van der Waals surface area contributed by atoms with Crippen molar-refractivity contribution in [1.82, 2.24) is 0 Å². The molecule has 0 N–H and O–H groups in total. The zero-order valence-electron chi connectivity index (χ0n) is 39.2. The maximum Gasteiger partial charge on any atom is 0.131 e. The summed E-state index contributed by atoms with van der Waals surface area (Å²) in [5, 5.41) is 7.21. The van der Waals surface area contributed by atoms with Crippen LogP contribution in [-0.2, 0) is 10.8 Å². The Balaban J connectivity index is 1.03. The Kier molecular flexibility index (Phi) is 9.49. The van der Waals surface area contributed by atoms with E-state index < -0.39 is 5.41 Å². The van der Waals surface area contributed by atoms with Gasteiger partial charge in [0.15, 0.2) is 0 Å². The summed E-state index contributed by atoms with van der Waals surface area (Å²) in [5.74, 6) is 1.07. The van der Waals surface area contributed by atoms with Crippen LogP contribution >= 0.6 is 0 Å². The Morgan fingerprint density at radius 1 is 0.420 bits per heavy atom. The van der Waals surface area contributed by atoms with Crippen LogP contribution in [0.3, 0.4) is 0 Å². The number of fused-ring (bicyclic) bond motifs is 10. The predicted octanol–water partition coefficient (Wildman–Crippen LogP) is 17.5. The first kappa shape index (κ1) is 41.0. The summed E-state index contributed by atoms with van der Waals surface area (Å²) in [6, 6.07) is 87.9. The van der Waals surface area contributed by atoms with Gasteiger partial charge in [-0.3, -0.25) is 0 Å². The van der Waals surface area contributed by atoms with E-state index in [0.29, 0.717) is 6.61 Å². The molecule has 2 aliphatic rings. The lowest BCUT2D eigenvalue weighted by Crippen LogP contribution is -2.35. The predicted molar refractivity (Wildman–Crippen MR) is 289 cm³/mol. The van der Waals surface area contributed by atoms with E-state index in [2.05, 4.69) is 262 Å². The molecule has 0 spiro atoms. The average molecular weight is 886 g/mol. The van der Waals surface area contributed by atoms with E-state index in [0.717, 1.165) is 44.9 Å². The Bertz CT molecular complexity index is 3780. The van der Waals surface area contributed by atoms with Crippen molar-refractivity contribution in [3.8, 4) is 28.0 Å². The second-order valence-electron chi connectivity index (χ2n) is 19.6. The molecule has 0 amide bonds. The Hall–Kier alpha value is -8.20. The molecule has 2 nitrogen and oxygen atoms in total. The topological polar surface area (TPSA) is 12.5 Å². The van der Waals surface area contributed by atoms with Crippen LogP contribution in [0.15, 0.2) is 237 Å². The molecule has 330 valence electrons. The highest BCUT2D eigenvalue weighted by atomic mass is 16.5. The number of anilines is 3. The van der Waals surface area contributed by atoms with Gasteiger partial charge in [0.05, 0.1) is 17.7 Å². The number of nitrogens with zero attached hydrogens (tertiary/aromatic N) is 1. The van der Waals surface area contributed by atoms with Gasteiger partial charge in [-0.1, -0.05) is 221 Å². The molecule has 11 aromatic rings. The van der Waals surface area contributed by atoms with Crippen molar-refractivity contribution in [1.29, 1.82) is 0 Å². The lowest BCUT2D eigenvalue weighted by atomic mass is 9.61. The van der Waals surface area contributed by atoms with E-state index in [1.807, 2.05) is 0 Å². The molecular formula is C67H51NO. The molecular weight excluding hydrogens is 835 g/mol. The fourth-order valence-electron chi connectivity index (χ4n) is 12.2. The van der Waals surface area contributed by atoms with Gasteiger partial charge in [-0.15, -0.1) is 0 Å². The van der Waals surface area contributed by atoms with Crippen molar-refractivity contribution >= 4 is 49.4 Å². The minimum absolute atomic E-state index is 0.122. The van der Waals surface area contributed by atoms with Crippen molar-refractivity contribution < 1.29 is 4.74 Å². The lowest BCUT2D eigenvalue weighted by molar-refractivity contribution is 0.289. The van der Waals surface area contributed by atoms with Gasteiger partial charge in [-0.05, 0) is 114 Å². The molecule has 1 aliphatic carbocycles. The molecule has 2 heteroatoms. The molecule has 0 fully saturated rings. The van der Waals surface area contributed by atoms with E-state index in [1.54, 1.807) is 0 Å². The van der Waals surface area contributed by atoms with Gasteiger partial charge in [0, 0.05) is 39.0 Å². The average Bonchev–Trinajstić information content (AvgIpc) is 3.63. The van der Waals surface area contributed by atoms with Gasteiger partial charge in [0.2, 0.25) is 0 Å². The highest BCUT2D eigenvalue weighted by Crippen LogP contribution is 2.55. The fourth-order valence-corrected chi connectivity index (χ4v) is 12.2. The first-order valence-corrected chi connectivity index (χ1v) is 24.4. The number of para-hydroxylation sites is 1. The maximum absolute atomic E-state index is 7.15. The van der Waals surface area contributed by atoms with E-state index >= 15 is 0 Å². The van der Waals surface area contributed by atoms with Crippen molar-refractivity contribution in [2.24, 2.45) is 0 Å². The van der Waals surface area contributed by atoms with Crippen LogP contribution in [0.2, 0.25) is 0 Å². The zero-order chi connectivity index (χ0) is 46.3. The van der Waals surface area contributed by atoms with E-state index in [-0.39, 0.29) is 11.3 Å². The molecule has 0 saturated carbocycles. The number of rotatable bonds is 6. The molecule has 1 heterocycles. The SMILES string of the molecule is C[C@H]1COc2c(ccc3ccccc23)C(c2ccccc2)(c2ccc(-c3cc(N(c4ccccc4)c4ccc5c(c4)C(C)(C)c4ccccc4-5)c4ccccc4c3)cc2)c2ccc3ccccc3c21. The van der Waals surface area contributed by atoms with Gasteiger partial charge >= 0.3 is 0 Å². The molecule has 1 aliphatic heterocycles. The summed E-state index contributed by atoms with van der Waals surface area (Å²) >= 11 is 0. The smallest absolute Gasteiger partial charge is 0.131 e. The van der Waals surface area contributed by atoms with Gasteiger partial charge < -0.3 is 9.64 Å². The molecule has 11 aromatic carbocycles. The fraction of sp³-hybridized carbons (Fsp3) is 0.104. The summed E-state index contributed by atoms with van der Waals surface area (Å²) in [6.45, 7) is 7.63. The Morgan fingerprint density at radius 3 is 1.78 bits per heavy atom. The monoisotopic (exact) mass is 885 g/mol. The molecule has 0 bridgehead atoms. The third kappa shape index (κ3) is 6.32. The van der Waals surface area contributed by atoms with Crippen molar-refractivity contribution in [3.05, 3.63) is 276 Å². The summed E-state index contributed by atoms with van der Waals surface area (Å²) in [7, 11) is 0. The standard InChI is InChI=1S/C67H51NO/c1-44-43-69-65-56-27-15-11-19-47(56)33-39-61(65)67(50-21-6-4-7-22-50,60-38-32-46-18-10-14-26-55(46)64(44)60)51-34-30-45(31-35-51)49-40-48-20-12-13-25-54(48)63(41-49)68(52-23-8-5-9-24-52)53-36-37-58-57-28-16-17-29-59(57)66(2,3)62(58)42-53/h4-42,44H,43H2,1-3H3/t44-,67?/m0/s1. The van der Waals surface area contributed by atoms with Crippen molar-refractivity contribution in [2.75, 3.05) is 11.5 Å². The summed E-state index contributed by atoms with van der Waals surface area (Å²) in [6.07, 6.45) is 0. The van der Waals surface area contributed by atoms with Crippen LogP contribution < -0.4 is 9.64 Å². The highest BCUT2D eigenvalue weighted by molar-refractivity contribution is 6.02. The number of ether oxygens (including phenoxy) is 1. The minimum atomic E-state index is -0.715. The minimum Gasteiger partial charge on any atom is -0.492 e. The molecule has 0 aromatic heterocycles. The first-order valence-electron chi connectivity index (χ1n) is 24.4. The molecule has 0 radical (unpaired) electrons. The van der Waals surface area contributed by atoms with Gasteiger partial charge in [0.1, 0.15) is 5.75 Å². The summed E-state index contributed by atoms with van der Waals surface area (Å²) in [4.78, 5) is 2.46. The van der Waals surface area contributed by atoms with Gasteiger partial charge in [0.25, 0.3) is 0 Å². The Labute approximate surface area is 404 Å². The van der Waals surface area contributed by atoms with Crippen molar-refractivity contribution in [3.63, 3.8) is 0 Å². The van der Waals surface area contributed by atoms with Crippen LogP contribution in [0.25, 0.3) is 54.6 Å². The largest absolute Gasteiger partial charge is 0.492 e. The van der Waals surface area contributed by atoms with Crippen LogP contribution in [-0.4, -0.2) is 6.61 Å². The van der Waals surface area contributed by atoms with E-state index in [9.17, 15) is 0 Å². The van der Waals surface area contributed by atoms with Crippen molar-refractivity contribution in [2.45, 2.75) is 37.5 Å². The quantitative estimate of drug-likeness (QED) is 0.165. The molecule has 69 heavy (non-hydrogen) atoms. The van der Waals surface area contributed by atoms with E-state index in [1.165, 1.54) is 71.4 Å². The van der Waals surface area contributed by atoms with Gasteiger partial charge in [-0.2, -0.15) is 0 Å². The lowest BCUT2D eigenvalue weighted by Gasteiger charge is -2.42. The number of hydrogen-bond donors (Lipinski definition) is 0.